The molecule has 0 radical (unpaired) electrons. The van der Waals surface area contributed by atoms with Crippen LogP contribution in [0.15, 0.2) is 12.2 Å². The van der Waals surface area contributed by atoms with Crippen molar-refractivity contribution >= 4 is 5.91 Å². The van der Waals surface area contributed by atoms with Gasteiger partial charge in [0.2, 0.25) is 5.91 Å². The van der Waals surface area contributed by atoms with E-state index in [9.17, 15) is 4.79 Å². The van der Waals surface area contributed by atoms with Crippen LogP contribution in [0.1, 0.15) is 39.0 Å². The number of hydrogen-bond donors (Lipinski definition) is 0. The fourth-order valence-corrected chi connectivity index (χ4v) is 3.65. The van der Waals surface area contributed by atoms with Crippen LogP contribution in [0.4, 0.5) is 0 Å². The highest BCUT2D eigenvalue weighted by atomic mass is 16.2. The predicted octanol–water partition coefficient (Wildman–Crippen LogP) is 2.35. The van der Waals surface area contributed by atoms with Crippen LogP contribution in [0, 0.1) is 11.8 Å². The topological polar surface area (TPSA) is 20.3 Å². The van der Waals surface area contributed by atoms with Crippen LogP contribution < -0.4 is 0 Å². The largest absolute Gasteiger partial charge is 0.333 e. The molecule has 4 unspecified atom stereocenters. The van der Waals surface area contributed by atoms with Gasteiger partial charge in [-0.3, -0.25) is 4.79 Å². The highest BCUT2D eigenvalue weighted by Gasteiger charge is 2.46. The lowest BCUT2D eigenvalue weighted by Crippen LogP contribution is -2.37. The molecule has 0 aromatic heterocycles. The quantitative estimate of drug-likeness (QED) is 0.602. The average molecular weight is 205 g/mol. The smallest absolute Gasteiger partial charge is 0.223 e. The number of carbonyl (C=O) groups is 1. The van der Waals surface area contributed by atoms with E-state index in [1.54, 1.807) is 0 Å². The molecule has 2 heteroatoms. The van der Waals surface area contributed by atoms with E-state index in [-0.39, 0.29) is 0 Å². The summed E-state index contributed by atoms with van der Waals surface area (Å²) >= 11 is 0. The number of allylic oxidation sites excluding steroid dienone is 1. The second-order valence-corrected chi connectivity index (χ2v) is 5.27. The normalized spacial score (nSPS) is 43.3. The molecule has 0 N–H and O–H groups in total. The van der Waals surface area contributed by atoms with Crippen molar-refractivity contribution in [1.29, 1.82) is 0 Å². The lowest BCUT2D eigenvalue weighted by atomic mass is 9.81. The molecule has 2 nitrogen and oxygen atoms in total. The van der Waals surface area contributed by atoms with Gasteiger partial charge >= 0.3 is 0 Å². The van der Waals surface area contributed by atoms with Crippen LogP contribution in [0.2, 0.25) is 0 Å². The molecule has 2 heterocycles. The van der Waals surface area contributed by atoms with Crippen molar-refractivity contribution in [1.82, 2.24) is 4.90 Å². The van der Waals surface area contributed by atoms with Gasteiger partial charge in [-0.2, -0.15) is 0 Å². The molecule has 3 rings (SSSR count). The van der Waals surface area contributed by atoms with Gasteiger partial charge in [0.15, 0.2) is 0 Å². The van der Waals surface area contributed by atoms with Crippen LogP contribution in [-0.2, 0) is 4.79 Å². The standard InChI is InChI=1S/C13H19NO/c1-2-9-3-5-12-10(7-9)8-11-4-6-13(15)14(11)12/h3,5,9-12H,2,4,6-8H2,1H3. The van der Waals surface area contributed by atoms with Crippen LogP contribution >= 0.6 is 0 Å². The van der Waals surface area contributed by atoms with E-state index < -0.39 is 0 Å². The second-order valence-electron chi connectivity index (χ2n) is 5.27. The molecule has 2 saturated heterocycles. The highest BCUT2D eigenvalue weighted by Crippen LogP contribution is 2.43. The number of nitrogens with zero attached hydrogens (tertiary/aromatic N) is 1. The van der Waals surface area contributed by atoms with Gasteiger partial charge in [-0.05, 0) is 37.5 Å². The first-order chi connectivity index (χ1) is 7.29. The van der Waals surface area contributed by atoms with Gasteiger partial charge in [0.05, 0.1) is 6.04 Å². The van der Waals surface area contributed by atoms with Crippen LogP contribution in [0.3, 0.4) is 0 Å². The summed E-state index contributed by atoms with van der Waals surface area (Å²) in [5.41, 5.74) is 0. The Morgan fingerprint density at radius 2 is 2.27 bits per heavy atom. The number of fused-ring (bicyclic) bond motifs is 3. The lowest BCUT2D eigenvalue weighted by Gasteiger charge is -2.30. The molecule has 1 amide bonds. The fourth-order valence-electron chi connectivity index (χ4n) is 3.65. The molecule has 0 bridgehead atoms. The molecule has 0 saturated carbocycles. The van der Waals surface area contributed by atoms with Gasteiger partial charge < -0.3 is 4.90 Å². The molecular weight excluding hydrogens is 186 g/mol. The van der Waals surface area contributed by atoms with E-state index >= 15 is 0 Å². The summed E-state index contributed by atoms with van der Waals surface area (Å²) < 4.78 is 0. The summed E-state index contributed by atoms with van der Waals surface area (Å²) in [6, 6.07) is 1.03. The zero-order valence-corrected chi connectivity index (χ0v) is 9.36. The van der Waals surface area contributed by atoms with Crippen LogP contribution in [0.5, 0.6) is 0 Å². The first-order valence-corrected chi connectivity index (χ1v) is 6.29. The number of rotatable bonds is 1. The second kappa shape index (κ2) is 3.36. The molecule has 2 aliphatic heterocycles. The minimum atomic E-state index is 0.395. The van der Waals surface area contributed by atoms with Crippen LogP contribution in [-0.4, -0.2) is 22.9 Å². The minimum absolute atomic E-state index is 0.395. The third-order valence-electron chi connectivity index (χ3n) is 4.46. The van der Waals surface area contributed by atoms with E-state index in [0.29, 0.717) is 18.0 Å². The monoisotopic (exact) mass is 205 g/mol. The fraction of sp³-hybridized carbons (Fsp3) is 0.769. The molecule has 82 valence electrons. The maximum absolute atomic E-state index is 11.8. The SMILES string of the molecule is CCC1C=CC2C(C1)CC1CCC(=O)N12. The maximum atomic E-state index is 11.8. The van der Waals surface area contributed by atoms with E-state index in [2.05, 4.69) is 24.0 Å². The van der Waals surface area contributed by atoms with Crippen molar-refractivity contribution in [2.24, 2.45) is 11.8 Å². The van der Waals surface area contributed by atoms with Gasteiger partial charge in [0, 0.05) is 12.5 Å². The zero-order valence-electron chi connectivity index (χ0n) is 9.36. The summed E-state index contributed by atoms with van der Waals surface area (Å²) in [7, 11) is 0. The molecule has 0 spiro atoms. The van der Waals surface area contributed by atoms with Gasteiger partial charge in [0.25, 0.3) is 0 Å². The highest BCUT2D eigenvalue weighted by molar-refractivity contribution is 5.80. The Hall–Kier alpha value is -0.790. The van der Waals surface area contributed by atoms with E-state index in [0.717, 1.165) is 24.7 Å². The van der Waals surface area contributed by atoms with Crippen molar-refractivity contribution in [3.8, 4) is 0 Å². The van der Waals surface area contributed by atoms with Crippen molar-refractivity contribution in [2.45, 2.75) is 51.1 Å². The Labute approximate surface area is 91.3 Å². The summed E-state index contributed by atoms with van der Waals surface area (Å²) in [4.78, 5) is 13.9. The third kappa shape index (κ3) is 1.34. The van der Waals surface area contributed by atoms with Gasteiger partial charge in [-0.1, -0.05) is 19.1 Å². The minimum Gasteiger partial charge on any atom is -0.333 e. The summed E-state index contributed by atoms with van der Waals surface area (Å²) in [5.74, 6) is 1.92. The molecule has 3 aliphatic rings. The molecule has 0 aromatic rings. The van der Waals surface area contributed by atoms with E-state index in [4.69, 9.17) is 0 Å². The Morgan fingerprint density at radius 1 is 1.40 bits per heavy atom. The Bertz CT molecular complexity index is 310. The number of hydrogen-bond acceptors (Lipinski definition) is 1. The van der Waals surface area contributed by atoms with Crippen molar-refractivity contribution in [2.75, 3.05) is 0 Å². The van der Waals surface area contributed by atoms with Gasteiger partial charge in [-0.25, -0.2) is 0 Å². The summed E-state index contributed by atoms with van der Waals surface area (Å²) in [6.45, 7) is 2.26. The molecule has 0 aromatic carbocycles. The van der Waals surface area contributed by atoms with Crippen molar-refractivity contribution in [3.63, 3.8) is 0 Å². The summed E-state index contributed by atoms with van der Waals surface area (Å²) in [5, 5.41) is 0. The van der Waals surface area contributed by atoms with Gasteiger partial charge in [0.1, 0.15) is 0 Å². The molecule has 15 heavy (non-hydrogen) atoms. The van der Waals surface area contributed by atoms with E-state index in [1.807, 2.05) is 0 Å². The molecule has 1 aliphatic carbocycles. The molecule has 4 atom stereocenters. The predicted molar refractivity (Wildman–Crippen MR) is 59.3 cm³/mol. The van der Waals surface area contributed by atoms with E-state index in [1.165, 1.54) is 19.3 Å². The zero-order chi connectivity index (χ0) is 10.4. The molecular formula is C13H19NO. The van der Waals surface area contributed by atoms with Crippen molar-refractivity contribution in [3.05, 3.63) is 12.2 Å². The maximum Gasteiger partial charge on any atom is 0.223 e. The number of carbonyl (C=O) groups excluding carboxylic acids is 1. The summed E-state index contributed by atoms with van der Waals surface area (Å²) in [6.07, 6.45) is 10.4. The van der Waals surface area contributed by atoms with Gasteiger partial charge in [-0.15, -0.1) is 0 Å². The van der Waals surface area contributed by atoms with Crippen molar-refractivity contribution < 1.29 is 4.79 Å². The first kappa shape index (κ1) is 9.44. The lowest BCUT2D eigenvalue weighted by molar-refractivity contribution is -0.129. The van der Waals surface area contributed by atoms with Crippen LogP contribution in [0.25, 0.3) is 0 Å². The molecule has 2 fully saturated rings. The Kier molecular flexibility index (Phi) is 2.11. The Balaban J connectivity index is 1.83. The third-order valence-corrected chi connectivity index (χ3v) is 4.46. The Morgan fingerprint density at radius 3 is 3.07 bits per heavy atom. The number of amides is 1. The first-order valence-electron chi connectivity index (χ1n) is 6.29. The average Bonchev–Trinajstić information content (AvgIpc) is 2.77.